The summed E-state index contributed by atoms with van der Waals surface area (Å²) in [5, 5.41) is 0. The van der Waals surface area contributed by atoms with Gasteiger partial charge in [0.1, 0.15) is 5.76 Å². The lowest BCUT2D eigenvalue weighted by atomic mass is 10.2. The van der Waals surface area contributed by atoms with Crippen molar-refractivity contribution in [2.75, 3.05) is 13.7 Å². The van der Waals surface area contributed by atoms with Gasteiger partial charge in [0.15, 0.2) is 11.5 Å². The second kappa shape index (κ2) is 9.47. The molecular weight excluding hydrogens is 348 g/mol. The Balaban J connectivity index is 1.93. The minimum Gasteiger partial charge on any atom is -0.493 e. The van der Waals surface area contributed by atoms with Crippen LogP contribution in [-0.2, 0) is 4.79 Å². The largest absolute Gasteiger partial charge is 0.493 e. The highest BCUT2D eigenvalue weighted by molar-refractivity contribution is 5.98. The summed E-state index contributed by atoms with van der Waals surface area (Å²) in [5.74, 6) is 1.19. The van der Waals surface area contributed by atoms with Crippen LogP contribution in [0.5, 0.6) is 11.5 Å². The maximum absolute atomic E-state index is 11.9. The van der Waals surface area contributed by atoms with Crippen molar-refractivity contribution in [2.24, 2.45) is 5.92 Å². The number of methoxy groups -OCH3 is 1. The van der Waals surface area contributed by atoms with Crippen molar-refractivity contribution in [3.05, 3.63) is 53.5 Å². The molecule has 7 nitrogen and oxygen atoms in total. The molecule has 0 aliphatic rings. The third-order valence-corrected chi connectivity index (χ3v) is 3.59. The van der Waals surface area contributed by atoms with E-state index in [0.29, 0.717) is 35.3 Å². The van der Waals surface area contributed by atoms with E-state index >= 15 is 0 Å². The van der Waals surface area contributed by atoms with Gasteiger partial charge in [-0.05, 0) is 42.7 Å². The van der Waals surface area contributed by atoms with Crippen LogP contribution in [0.3, 0.4) is 0 Å². The van der Waals surface area contributed by atoms with Gasteiger partial charge in [0, 0.05) is 6.08 Å². The van der Waals surface area contributed by atoms with E-state index in [9.17, 15) is 9.59 Å². The Morgan fingerprint density at radius 3 is 2.59 bits per heavy atom. The SMILES string of the molecule is COc1cc(/C=C/C(=O)NNC(=O)c2ccoc2C)ccc1OCC(C)C. The summed E-state index contributed by atoms with van der Waals surface area (Å²) >= 11 is 0. The van der Waals surface area contributed by atoms with Crippen LogP contribution in [0, 0.1) is 12.8 Å². The number of aryl methyl sites for hydroxylation is 1. The van der Waals surface area contributed by atoms with Crippen molar-refractivity contribution in [3.8, 4) is 11.5 Å². The third kappa shape index (κ3) is 5.91. The van der Waals surface area contributed by atoms with Crippen LogP contribution in [0.25, 0.3) is 6.08 Å². The van der Waals surface area contributed by atoms with E-state index in [-0.39, 0.29) is 0 Å². The molecule has 0 atom stereocenters. The minimum atomic E-state index is -0.469. The van der Waals surface area contributed by atoms with Crippen molar-refractivity contribution < 1.29 is 23.5 Å². The van der Waals surface area contributed by atoms with Gasteiger partial charge in [-0.3, -0.25) is 20.4 Å². The Bertz CT molecular complexity index is 824. The molecule has 0 saturated heterocycles. The molecule has 2 N–H and O–H groups in total. The van der Waals surface area contributed by atoms with Gasteiger partial charge in [-0.15, -0.1) is 0 Å². The minimum absolute atomic E-state index is 0.362. The fourth-order valence-corrected chi connectivity index (χ4v) is 2.18. The van der Waals surface area contributed by atoms with Gasteiger partial charge < -0.3 is 13.9 Å². The highest BCUT2D eigenvalue weighted by Crippen LogP contribution is 2.28. The molecule has 1 aromatic heterocycles. The molecule has 2 rings (SSSR count). The Kier molecular flexibility index (Phi) is 7.05. The van der Waals surface area contributed by atoms with Crippen LogP contribution in [0.4, 0.5) is 0 Å². The van der Waals surface area contributed by atoms with Crippen molar-refractivity contribution in [1.29, 1.82) is 0 Å². The molecular formula is C20H24N2O5. The molecule has 0 aliphatic heterocycles. The number of carbonyl (C=O) groups is 2. The van der Waals surface area contributed by atoms with Crippen molar-refractivity contribution >= 4 is 17.9 Å². The quantitative estimate of drug-likeness (QED) is 0.576. The number of rotatable bonds is 7. The number of benzene rings is 1. The standard InChI is InChI=1S/C20H24N2O5/c1-13(2)12-27-17-7-5-15(11-18(17)25-4)6-8-19(23)21-22-20(24)16-9-10-26-14(16)3/h5-11,13H,12H2,1-4H3,(H,21,23)(H,22,24)/b8-6+. The number of amides is 2. The van der Waals surface area contributed by atoms with Gasteiger partial charge in [0.25, 0.3) is 11.8 Å². The fraction of sp³-hybridized carbons (Fsp3) is 0.300. The molecule has 2 aromatic rings. The number of carbonyl (C=O) groups excluding carboxylic acids is 2. The third-order valence-electron chi connectivity index (χ3n) is 3.59. The Morgan fingerprint density at radius 2 is 1.96 bits per heavy atom. The molecule has 0 fully saturated rings. The fourth-order valence-electron chi connectivity index (χ4n) is 2.18. The van der Waals surface area contributed by atoms with Crippen molar-refractivity contribution in [3.63, 3.8) is 0 Å². The summed E-state index contributed by atoms with van der Waals surface area (Å²) in [6.07, 6.45) is 4.33. The maximum atomic E-state index is 11.9. The summed E-state index contributed by atoms with van der Waals surface area (Å²) in [7, 11) is 1.56. The van der Waals surface area contributed by atoms with E-state index in [1.165, 1.54) is 18.4 Å². The first-order valence-electron chi connectivity index (χ1n) is 8.54. The van der Waals surface area contributed by atoms with Crippen molar-refractivity contribution in [2.45, 2.75) is 20.8 Å². The summed E-state index contributed by atoms with van der Waals surface area (Å²) in [4.78, 5) is 23.8. The molecule has 1 heterocycles. The number of hydrogen-bond acceptors (Lipinski definition) is 5. The monoisotopic (exact) mass is 372 g/mol. The highest BCUT2D eigenvalue weighted by Gasteiger charge is 2.11. The van der Waals surface area contributed by atoms with E-state index in [0.717, 1.165) is 5.56 Å². The molecule has 0 saturated carbocycles. The molecule has 1 aromatic carbocycles. The van der Waals surface area contributed by atoms with Gasteiger partial charge >= 0.3 is 0 Å². The smallest absolute Gasteiger partial charge is 0.273 e. The molecule has 0 unspecified atom stereocenters. The molecule has 27 heavy (non-hydrogen) atoms. The second-order valence-corrected chi connectivity index (χ2v) is 6.28. The lowest BCUT2D eigenvalue weighted by Gasteiger charge is -2.12. The number of furan rings is 1. The summed E-state index contributed by atoms with van der Waals surface area (Å²) < 4.78 is 16.1. The summed E-state index contributed by atoms with van der Waals surface area (Å²) in [6.45, 7) is 6.38. The van der Waals surface area contributed by atoms with Crippen LogP contribution in [0.15, 0.2) is 41.0 Å². The van der Waals surface area contributed by atoms with Gasteiger partial charge in [0.05, 0.1) is 25.5 Å². The highest BCUT2D eigenvalue weighted by atomic mass is 16.5. The zero-order valence-corrected chi connectivity index (χ0v) is 15.9. The Labute approximate surface area is 158 Å². The molecule has 0 radical (unpaired) electrons. The zero-order chi connectivity index (χ0) is 19.8. The van der Waals surface area contributed by atoms with E-state index in [2.05, 4.69) is 24.7 Å². The molecule has 0 bridgehead atoms. The average molecular weight is 372 g/mol. The van der Waals surface area contributed by atoms with Gasteiger partial charge in [-0.1, -0.05) is 19.9 Å². The number of hydrogen-bond donors (Lipinski definition) is 2. The molecule has 0 spiro atoms. The lowest BCUT2D eigenvalue weighted by Crippen LogP contribution is -2.40. The predicted molar refractivity (Wildman–Crippen MR) is 101 cm³/mol. The molecule has 7 heteroatoms. The van der Waals surface area contributed by atoms with Crippen molar-refractivity contribution in [1.82, 2.24) is 10.9 Å². The first kappa shape index (κ1) is 20.1. The summed E-state index contributed by atoms with van der Waals surface area (Å²) in [5.41, 5.74) is 5.77. The van der Waals surface area contributed by atoms with E-state index < -0.39 is 11.8 Å². The average Bonchev–Trinajstić information content (AvgIpc) is 3.08. The van der Waals surface area contributed by atoms with Crippen LogP contribution in [0.1, 0.15) is 35.5 Å². The van der Waals surface area contributed by atoms with E-state index in [1.54, 1.807) is 32.2 Å². The lowest BCUT2D eigenvalue weighted by molar-refractivity contribution is -0.117. The second-order valence-electron chi connectivity index (χ2n) is 6.28. The van der Waals surface area contributed by atoms with Crippen LogP contribution in [0.2, 0.25) is 0 Å². The Morgan fingerprint density at radius 1 is 1.19 bits per heavy atom. The topological polar surface area (TPSA) is 89.8 Å². The summed E-state index contributed by atoms with van der Waals surface area (Å²) in [6, 6.07) is 6.91. The number of hydrazine groups is 1. The molecule has 2 amide bonds. The molecule has 0 aliphatic carbocycles. The Hall–Kier alpha value is -3.22. The molecule has 144 valence electrons. The van der Waals surface area contributed by atoms with Gasteiger partial charge in [-0.25, -0.2) is 0 Å². The zero-order valence-electron chi connectivity index (χ0n) is 15.9. The van der Waals surface area contributed by atoms with E-state index in [1.807, 2.05) is 6.07 Å². The van der Waals surface area contributed by atoms with Crippen LogP contribution < -0.4 is 20.3 Å². The number of nitrogens with one attached hydrogen (secondary N) is 2. The maximum Gasteiger partial charge on any atom is 0.273 e. The van der Waals surface area contributed by atoms with Crippen LogP contribution in [-0.4, -0.2) is 25.5 Å². The predicted octanol–water partition coefficient (Wildman–Crippen LogP) is 3.11. The first-order valence-corrected chi connectivity index (χ1v) is 8.54. The van der Waals surface area contributed by atoms with Gasteiger partial charge in [0.2, 0.25) is 0 Å². The van der Waals surface area contributed by atoms with E-state index in [4.69, 9.17) is 13.9 Å². The van der Waals surface area contributed by atoms with Gasteiger partial charge in [-0.2, -0.15) is 0 Å². The first-order chi connectivity index (χ1) is 12.9. The number of ether oxygens (including phenoxy) is 2. The normalized spacial score (nSPS) is 10.9. The van der Waals surface area contributed by atoms with Crippen LogP contribution >= 0.6 is 0 Å².